The van der Waals surface area contributed by atoms with Crippen LogP contribution in [-0.4, -0.2) is 23.6 Å². The fourth-order valence-electron chi connectivity index (χ4n) is 2.81. The third-order valence-electron chi connectivity index (χ3n) is 4.15. The van der Waals surface area contributed by atoms with E-state index >= 15 is 0 Å². The van der Waals surface area contributed by atoms with Crippen molar-refractivity contribution in [2.24, 2.45) is 0 Å². The highest BCUT2D eigenvalue weighted by Crippen LogP contribution is 2.40. The first kappa shape index (κ1) is 17.7. The second kappa shape index (κ2) is 8.34. The van der Waals surface area contributed by atoms with E-state index in [9.17, 15) is 0 Å². The molecule has 0 fully saturated rings. The van der Waals surface area contributed by atoms with Gasteiger partial charge in [0.1, 0.15) is 17.9 Å². The average molecular weight is 404 g/mol. The van der Waals surface area contributed by atoms with Crippen LogP contribution in [0.2, 0.25) is 0 Å². The van der Waals surface area contributed by atoms with Crippen LogP contribution in [0.3, 0.4) is 0 Å². The third-order valence-corrected chi connectivity index (χ3v) is 4.71. The van der Waals surface area contributed by atoms with E-state index in [1.54, 1.807) is 7.11 Å². The number of rotatable bonds is 8. The quantitative estimate of drug-likeness (QED) is 0.492. The smallest absolute Gasteiger partial charge is 0.233 e. The highest BCUT2D eigenvalue weighted by molar-refractivity contribution is 9.10. The van der Waals surface area contributed by atoms with Crippen molar-refractivity contribution in [2.45, 2.75) is 32.6 Å². The lowest BCUT2D eigenvalue weighted by Gasteiger charge is -2.08. The number of benzene rings is 1. The van der Waals surface area contributed by atoms with Crippen LogP contribution in [0, 0.1) is 0 Å². The van der Waals surface area contributed by atoms with Crippen molar-refractivity contribution in [3.63, 3.8) is 0 Å². The summed E-state index contributed by atoms with van der Waals surface area (Å²) in [7, 11) is 1.66. The molecule has 0 atom stereocenters. The predicted molar refractivity (Wildman–Crippen MR) is 104 cm³/mol. The number of anilines is 1. The Morgan fingerprint density at radius 3 is 2.64 bits per heavy atom. The molecular formula is C19H22BrN3O2. The number of aromatic nitrogens is 2. The molecular weight excluding hydrogens is 382 g/mol. The summed E-state index contributed by atoms with van der Waals surface area (Å²) in [4.78, 5) is 8.70. The van der Waals surface area contributed by atoms with Crippen molar-refractivity contribution in [3.05, 3.63) is 35.3 Å². The summed E-state index contributed by atoms with van der Waals surface area (Å²) >= 11 is 3.52. The largest absolute Gasteiger partial charge is 0.497 e. The van der Waals surface area contributed by atoms with E-state index in [1.165, 1.54) is 25.6 Å². The Labute approximate surface area is 155 Å². The Balaban J connectivity index is 1.93. The summed E-state index contributed by atoms with van der Waals surface area (Å²) in [6.07, 6.45) is 6.36. The van der Waals surface area contributed by atoms with Crippen LogP contribution in [-0.2, 0) is 0 Å². The molecule has 2 aromatic heterocycles. The fourth-order valence-corrected chi connectivity index (χ4v) is 3.39. The standard InChI is InChI=1S/C19H22BrN3O2/c1-3-4-5-6-11-21-18-16-15(13-7-9-14(24-2)10-8-13)17(20)25-19(16)23-12-22-18/h7-10,12H,3-6,11H2,1-2H3,(H,21,22,23). The first-order chi connectivity index (χ1) is 12.2. The molecule has 0 saturated carbocycles. The summed E-state index contributed by atoms with van der Waals surface area (Å²) in [5, 5.41) is 4.33. The number of methoxy groups -OCH3 is 1. The lowest BCUT2D eigenvalue weighted by atomic mass is 10.1. The van der Waals surface area contributed by atoms with Gasteiger partial charge in [0, 0.05) is 12.1 Å². The van der Waals surface area contributed by atoms with Gasteiger partial charge in [0.05, 0.1) is 12.5 Å². The molecule has 0 saturated heterocycles. The third kappa shape index (κ3) is 3.95. The molecule has 5 nitrogen and oxygen atoms in total. The molecule has 3 rings (SSSR count). The maximum atomic E-state index is 5.79. The molecule has 0 amide bonds. The Morgan fingerprint density at radius 2 is 1.92 bits per heavy atom. The minimum atomic E-state index is 0.573. The Morgan fingerprint density at radius 1 is 1.12 bits per heavy atom. The number of nitrogens with zero attached hydrogens (tertiary/aromatic N) is 2. The number of halogens is 1. The molecule has 0 aliphatic heterocycles. The second-order valence-electron chi connectivity index (χ2n) is 5.87. The van der Waals surface area contributed by atoms with Crippen LogP contribution in [0.4, 0.5) is 5.82 Å². The van der Waals surface area contributed by atoms with Gasteiger partial charge in [-0.05, 0) is 40.0 Å². The van der Waals surface area contributed by atoms with Crippen LogP contribution >= 0.6 is 15.9 Å². The van der Waals surface area contributed by atoms with Crippen molar-refractivity contribution in [1.29, 1.82) is 0 Å². The molecule has 132 valence electrons. The van der Waals surface area contributed by atoms with Gasteiger partial charge >= 0.3 is 0 Å². The zero-order valence-electron chi connectivity index (χ0n) is 14.5. The molecule has 1 N–H and O–H groups in total. The highest BCUT2D eigenvalue weighted by Gasteiger charge is 2.19. The maximum absolute atomic E-state index is 5.79. The lowest BCUT2D eigenvalue weighted by molar-refractivity contribution is 0.415. The molecule has 0 unspecified atom stereocenters. The molecule has 3 aromatic rings. The van der Waals surface area contributed by atoms with E-state index in [1.807, 2.05) is 24.3 Å². The molecule has 0 spiro atoms. The lowest BCUT2D eigenvalue weighted by Crippen LogP contribution is -2.04. The molecule has 2 heterocycles. The zero-order valence-corrected chi connectivity index (χ0v) is 16.1. The minimum Gasteiger partial charge on any atom is -0.497 e. The second-order valence-corrected chi connectivity index (χ2v) is 6.59. The molecule has 6 heteroatoms. The molecule has 0 aliphatic carbocycles. The first-order valence-corrected chi connectivity index (χ1v) is 9.35. The monoisotopic (exact) mass is 403 g/mol. The molecule has 1 aromatic carbocycles. The topological polar surface area (TPSA) is 60.2 Å². The van der Waals surface area contributed by atoms with E-state index < -0.39 is 0 Å². The zero-order chi connectivity index (χ0) is 17.6. The van der Waals surface area contributed by atoms with Crippen molar-refractivity contribution in [3.8, 4) is 16.9 Å². The summed E-state index contributed by atoms with van der Waals surface area (Å²) in [5.74, 6) is 1.62. The number of unbranched alkanes of at least 4 members (excludes halogenated alkanes) is 3. The van der Waals surface area contributed by atoms with Crippen LogP contribution in [0.1, 0.15) is 32.6 Å². The number of hydrogen-bond acceptors (Lipinski definition) is 5. The Hall–Kier alpha value is -2.08. The fraction of sp³-hybridized carbons (Fsp3) is 0.368. The Kier molecular flexibility index (Phi) is 5.91. The summed E-state index contributed by atoms with van der Waals surface area (Å²) in [5.41, 5.74) is 2.55. The van der Waals surface area contributed by atoms with Crippen LogP contribution in [0.25, 0.3) is 22.2 Å². The number of hydrogen-bond donors (Lipinski definition) is 1. The van der Waals surface area contributed by atoms with Gasteiger partial charge in [0.2, 0.25) is 5.71 Å². The van der Waals surface area contributed by atoms with Gasteiger partial charge in [-0.3, -0.25) is 0 Å². The first-order valence-electron chi connectivity index (χ1n) is 8.56. The van der Waals surface area contributed by atoms with Crippen molar-refractivity contribution < 1.29 is 9.15 Å². The minimum absolute atomic E-state index is 0.573. The van der Waals surface area contributed by atoms with Gasteiger partial charge in [0.25, 0.3) is 0 Å². The van der Waals surface area contributed by atoms with E-state index in [0.717, 1.165) is 41.0 Å². The van der Waals surface area contributed by atoms with E-state index in [2.05, 4.69) is 38.1 Å². The van der Waals surface area contributed by atoms with E-state index in [0.29, 0.717) is 10.4 Å². The number of furan rings is 1. The summed E-state index contributed by atoms with van der Waals surface area (Å²) in [6.45, 7) is 3.10. The average Bonchev–Trinajstić information content (AvgIpc) is 2.98. The van der Waals surface area contributed by atoms with Gasteiger partial charge in [-0.25, -0.2) is 9.97 Å². The van der Waals surface area contributed by atoms with Gasteiger partial charge in [-0.2, -0.15) is 0 Å². The van der Waals surface area contributed by atoms with E-state index in [-0.39, 0.29) is 0 Å². The van der Waals surface area contributed by atoms with Gasteiger partial charge in [-0.1, -0.05) is 38.3 Å². The van der Waals surface area contributed by atoms with E-state index in [4.69, 9.17) is 9.15 Å². The van der Waals surface area contributed by atoms with Crippen molar-refractivity contribution in [1.82, 2.24) is 9.97 Å². The van der Waals surface area contributed by atoms with Crippen LogP contribution in [0.15, 0.2) is 39.7 Å². The van der Waals surface area contributed by atoms with Crippen LogP contribution < -0.4 is 10.1 Å². The SMILES string of the molecule is CCCCCCNc1ncnc2oc(Br)c(-c3ccc(OC)cc3)c12. The van der Waals surface area contributed by atoms with Gasteiger partial charge in [-0.15, -0.1) is 0 Å². The predicted octanol–water partition coefficient (Wildman–Crippen LogP) is 5.65. The number of ether oxygens (including phenoxy) is 1. The van der Waals surface area contributed by atoms with Crippen molar-refractivity contribution in [2.75, 3.05) is 19.0 Å². The summed E-state index contributed by atoms with van der Waals surface area (Å²) in [6, 6.07) is 7.88. The number of nitrogens with one attached hydrogen (secondary N) is 1. The van der Waals surface area contributed by atoms with Gasteiger partial charge < -0.3 is 14.5 Å². The number of fused-ring (bicyclic) bond motifs is 1. The van der Waals surface area contributed by atoms with Gasteiger partial charge in [0.15, 0.2) is 4.67 Å². The summed E-state index contributed by atoms with van der Waals surface area (Å²) < 4.78 is 11.7. The highest BCUT2D eigenvalue weighted by atomic mass is 79.9. The molecule has 25 heavy (non-hydrogen) atoms. The normalized spacial score (nSPS) is 11.0. The molecule has 0 aliphatic rings. The van der Waals surface area contributed by atoms with Crippen LogP contribution in [0.5, 0.6) is 5.75 Å². The maximum Gasteiger partial charge on any atom is 0.233 e. The molecule has 0 bridgehead atoms. The molecule has 0 radical (unpaired) electrons. The Bertz CT molecular complexity index is 831. The van der Waals surface area contributed by atoms with Crippen molar-refractivity contribution >= 4 is 32.8 Å².